The van der Waals surface area contributed by atoms with Crippen molar-refractivity contribution in [3.63, 3.8) is 0 Å². The summed E-state index contributed by atoms with van der Waals surface area (Å²) in [5.41, 5.74) is 4.11. The summed E-state index contributed by atoms with van der Waals surface area (Å²) in [6.45, 7) is 3.95. The Bertz CT molecular complexity index is 1430. The molecule has 2 heterocycles. The fraction of sp³-hybridized carbons (Fsp3) is 0.241. The molecule has 1 saturated carbocycles. The number of carbonyl (C=O) groups excluding carboxylic acids is 2. The van der Waals surface area contributed by atoms with Gasteiger partial charge in [0.05, 0.1) is 10.9 Å². The zero-order valence-corrected chi connectivity index (χ0v) is 19.7. The first-order valence-corrected chi connectivity index (χ1v) is 11.6. The van der Waals surface area contributed by atoms with E-state index in [1.807, 2.05) is 44.2 Å². The van der Waals surface area contributed by atoms with Gasteiger partial charge in [-0.1, -0.05) is 24.3 Å². The number of hydrogen-bond donors (Lipinski definition) is 0. The van der Waals surface area contributed by atoms with E-state index in [-0.39, 0.29) is 30.2 Å². The van der Waals surface area contributed by atoms with E-state index in [0.29, 0.717) is 29.9 Å². The van der Waals surface area contributed by atoms with E-state index in [2.05, 4.69) is 9.97 Å². The van der Waals surface area contributed by atoms with Gasteiger partial charge in [0.2, 0.25) is 0 Å². The van der Waals surface area contributed by atoms with E-state index in [1.54, 1.807) is 24.4 Å². The first-order chi connectivity index (χ1) is 16.8. The molecule has 6 heteroatoms. The number of fused-ring (bicyclic) bond motifs is 1. The number of aromatic nitrogens is 2. The standard InChI is InChI=1S/C29H25FN2O3/c1-18-15-24-28(32-19(18)2)25(11-14-31-24)35-23-9-5-21(6-10-23)17-27(34)29(12-13-29)26(33)16-20-3-7-22(30)8-4-20/h3-11,14-15H,12-13,16-17H2,1-2H3. The number of nitrogens with zero attached hydrogens (tertiary/aromatic N) is 2. The number of rotatable bonds is 8. The predicted octanol–water partition coefficient (Wildman–Crippen LogP) is 5.88. The van der Waals surface area contributed by atoms with Gasteiger partial charge in [0, 0.05) is 30.8 Å². The Morgan fingerprint density at radius 1 is 0.914 bits per heavy atom. The Kier molecular flexibility index (Phi) is 5.89. The zero-order chi connectivity index (χ0) is 24.6. The average Bonchev–Trinajstić information content (AvgIpc) is 3.65. The van der Waals surface area contributed by atoms with Crippen LogP contribution < -0.4 is 4.74 Å². The quantitative estimate of drug-likeness (QED) is 0.302. The van der Waals surface area contributed by atoms with E-state index in [1.165, 1.54) is 12.1 Å². The smallest absolute Gasteiger partial charge is 0.156 e. The molecule has 0 amide bonds. The number of aryl methyl sites for hydroxylation is 2. The monoisotopic (exact) mass is 468 g/mol. The summed E-state index contributed by atoms with van der Waals surface area (Å²) in [7, 11) is 0. The second kappa shape index (κ2) is 9.02. The van der Waals surface area contributed by atoms with Crippen LogP contribution in [0.3, 0.4) is 0 Å². The summed E-state index contributed by atoms with van der Waals surface area (Å²) >= 11 is 0. The highest BCUT2D eigenvalue weighted by atomic mass is 19.1. The van der Waals surface area contributed by atoms with Crippen LogP contribution in [0.25, 0.3) is 11.0 Å². The van der Waals surface area contributed by atoms with Crippen molar-refractivity contribution in [1.29, 1.82) is 0 Å². The molecule has 0 radical (unpaired) electrons. The molecule has 0 unspecified atom stereocenters. The SMILES string of the molecule is Cc1cc2nccc(Oc3ccc(CC(=O)C4(C(=O)Cc5ccc(F)cc5)CC4)cc3)c2nc1C. The predicted molar refractivity (Wildman–Crippen MR) is 131 cm³/mol. The maximum Gasteiger partial charge on any atom is 0.156 e. The van der Waals surface area contributed by atoms with E-state index < -0.39 is 5.41 Å². The van der Waals surface area contributed by atoms with Gasteiger partial charge in [-0.05, 0) is 73.7 Å². The molecule has 0 aliphatic heterocycles. The number of ketones is 2. The van der Waals surface area contributed by atoms with Gasteiger partial charge < -0.3 is 4.74 Å². The number of Topliss-reactive ketones (excluding diaryl/α,β-unsaturated/α-hetero) is 2. The summed E-state index contributed by atoms with van der Waals surface area (Å²) in [6.07, 6.45) is 3.18. The molecule has 1 fully saturated rings. The summed E-state index contributed by atoms with van der Waals surface area (Å²) in [4.78, 5) is 34.9. The van der Waals surface area contributed by atoms with Crippen molar-refractivity contribution in [2.75, 3.05) is 0 Å². The van der Waals surface area contributed by atoms with Crippen LogP contribution in [0.1, 0.15) is 35.2 Å². The Morgan fingerprint density at radius 2 is 1.51 bits per heavy atom. The molecule has 0 spiro atoms. The molecule has 0 atom stereocenters. The molecule has 2 aromatic carbocycles. The number of hydrogen-bond acceptors (Lipinski definition) is 5. The Morgan fingerprint density at radius 3 is 2.11 bits per heavy atom. The minimum absolute atomic E-state index is 0.0616. The highest BCUT2D eigenvalue weighted by Crippen LogP contribution is 2.48. The van der Waals surface area contributed by atoms with Crippen LogP contribution in [0.2, 0.25) is 0 Å². The van der Waals surface area contributed by atoms with Crippen LogP contribution in [-0.4, -0.2) is 21.5 Å². The maximum atomic E-state index is 13.1. The summed E-state index contributed by atoms with van der Waals surface area (Å²) in [5.74, 6) is 0.752. The minimum atomic E-state index is -0.902. The van der Waals surface area contributed by atoms with Gasteiger partial charge in [0.25, 0.3) is 0 Å². The van der Waals surface area contributed by atoms with Crippen molar-refractivity contribution >= 4 is 22.6 Å². The third-order valence-corrected chi connectivity index (χ3v) is 6.73. The first kappa shape index (κ1) is 22.8. The van der Waals surface area contributed by atoms with Crippen molar-refractivity contribution in [3.8, 4) is 11.5 Å². The highest BCUT2D eigenvalue weighted by Gasteiger charge is 2.54. The Hall–Kier alpha value is -3.93. The second-order valence-electron chi connectivity index (χ2n) is 9.22. The Balaban J connectivity index is 1.26. The van der Waals surface area contributed by atoms with Gasteiger partial charge >= 0.3 is 0 Å². The van der Waals surface area contributed by atoms with Gasteiger partial charge in [-0.3, -0.25) is 14.6 Å². The third kappa shape index (κ3) is 4.69. The fourth-order valence-corrected chi connectivity index (χ4v) is 4.27. The van der Waals surface area contributed by atoms with Crippen LogP contribution in [-0.2, 0) is 22.4 Å². The molecule has 5 rings (SSSR count). The van der Waals surface area contributed by atoms with Gasteiger partial charge in [0.1, 0.15) is 17.1 Å². The Labute approximate surface area is 203 Å². The number of carbonyl (C=O) groups is 2. The first-order valence-electron chi connectivity index (χ1n) is 11.6. The van der Waals surface area contributed by atoms with Crippen molar-refractivity contribution in [2.45, 2.75) is 39.5 Å². The highest BCUT2D eigenvalue weighted by molar-refractivity contribution is 6.10. The number of pyridine rings is 2. The van der Waals surface area contributed by atoms with Gasteiger partial charge in [0.15, 0.2) is 17.3 Å². The van der Waals surface area contributed by atoms with Crippen molar-refractivity contribution in [1.82, 2.24) is 9.97 Å². The summed E-state index contributed by atoms with van der Waals surface area (Å²) in [6, 6.07) is 17.0. The lowest BCUT2D eigenvalue weighted by Crippen LogP contribution is -2.28. The zero-order valence-electron chi connectivity index (χ0n) is 19.7. The minimum Gasteiger partial charge on any atom is -0.455 e. The normalized spacial score (nSPS) is 14.0. The molecule has 0 saturated heterocycles. The van der Waals surface area contributed by atoms with Crippen LogP contribution in [0, 0.1) is 25.1 Å². The molecule has 5 nitrogen and oxygen atoms in total. The van der Waals surface area contributed by atoms with E-state index in [0.717, 1.165) is 27.9 Å². The lowest BCUT2D eigenvalue weighted by Gasteiger charge is -2.14. The number of benzene rings is 2. The number of halogens is 1. The fourth-order valence-electron chi connectivity index (χ4n) is 4.27. The van der Waals surface area contributed by atoms with Crippen LogP contribution in [0.4, 0.5) is 4.39 Å². The second-order valence-corrected chi connectivity index (χ2v) is 9.22. The lowest BCUT2D eigenvalue weighted by molar-refractivity contribution is -0.133. The molecule has 4 aromatic rings. The molecule has 0 N–H and O–H groups in total. The maximum absolute atomic E-state index is 13.1. The van der Waals surface area contributed by atoms with Crippen molar-refractivity contribution in [2.24, 2.45) is 5.41 Å². The number of ether oxygens (including phenoxy) is 1. The van der Waals surface area contributed by atoms with E-state index >= 15 is 0 Å². The van der Waals surface area contributed by atoms with E-state index in [9.17, 15) is 14.0 Å². The van der Waals surface area contributed by atoms with Crippen LogP contribution in [0.15, 0.2) is 66.9 Å². The topological polar surface area (TPSA) is 69.2 Å². The summed E-state index contributed by atoms with van der Waals surface area (Å²) < 4.78 is 19.2. The molecule has 1 aliphatic carbocycles. The van der Waals surface area contributed by atoms with Gasteiger partial charge in [-0.2, -0.15) is 0 Å². The lowest BCUT2D eigenvalue weighted by atomic mass is 9.88. The van der Waals surface area contributed by atoms with Crippen LogP contribution in [0.5, 0.6) is 11.5 Å². The van der Waals surface area contributed by atoms with Crippen LogP contribution >= 0.6 is 0 Å². The molecule has 0 bridgehead atoms. The molecule has 1 aliphatic rings. The largest absolute Gasteiger partial charge is 0.455 e. The molecule has 35 heavy (non-hydrogen) atoms. The molecule has 2 aromatic heterocycles. The van der Waals surface area contributed by atoms with Crippen molar-refractivity contribution < 1.29 is 18.7 Å². The summed E-state index contributed by atoms with van der Waals surface area (Å²) in [5, 5.41) is 0. The van der Waals surface area contributed by atoms with Gasteiger partial charge in [-0.25, -0.2) is 9.37 Å². The third-order valence-electron chi connectivity index (χ3n) is 6.73. The molecular formula is C29H25FN2O3. The van der Waals surface area contributed by atoms with Gasteiger partial charge in [-0.15, -0.1) is 0 Å². The van der Waals surface area contributed by atoms with Crippen molar-refractivity contribution in [3.05, 3.63) is 95.1 Å². The molecule has 176 valence electrons. The molecular weight excluding hydrogens is 443 g/mol. The van der Waals surface area contributed by atoms with E-state index in [4.69, 9.17) is 4.74 Å². The average molecular weight is 469 g/mol.